The third-order valence-electron chi connectivity index (χ3n) is 4.71. The maximum absolute atomic E-state index is 12.5. The molecule has 4 aromatic rings. The van der Waals surface area contributed by atoms with Crippen molar-refractivity contribution < 1.29 is 9.53 Å². The molecule has 2 heterocycles. The number of hydrogen-bond donors (Lipinski definition) is 1. The molecule has 0 saturated heterocycles. The van der Waals surface area contributed by atoms with Crippen LogP contribution in [0.1, 0.15) is 16.7 Å². The summed E-state index contributed by atoms with van der Waals surface area (Å²) in [5.41, 5.74) is 3.16. The summed E-state index contributed by atoms with van der Waals surface area (Å²) in [5, 5.41) is 17.5. The molecular formula is C23H19N5O2. The van der Waals surface area contributed by atoms with Crippen LogP contribution in [0.4, 0.5) is 5.82 Å². The second-order valence-electron chi connectivity index (χ2n) is 6.85. The highest BCUT2D eigenvalue weighted by atomic mass is 16.5. The number of benzene rings is 2. The standard InChI is InChI=1S/C23H19N5O2/c1-15-7-6-10-19-16(2)11-20(26-22(15)19)28-23(17(12-24)13-25-28)27-21(29)14-30-18-8-4-3-5-9-18/h3-11,13H,14H2,1-2H3,(H,27,29). The molecule has 0 fully saturated rings. The van der Waals surface area contributed by atoms with Gasteiger partial charge in [0.05, 0.1) is 11.7 Å². The fourth-order valence-corrected chi connectivity index (χ4v) is 3.21. The van der Waals surface area contributed by atoms with Crippen LogP contribution in [0.2, 0.25) is 0 Å². The van der Waals surface area contributed by atoms with E-state index in [2.05, 4.69) is 16.5 Å². The molecule has 0 unspecified atom stereocenters. The zero-order chi connectivity index (χ0) is 21.1. The number of pyridine rings is 1. The molecule has 0 radical (unpaired) electrons. The topological polar surface area (TPSA) is 92.8 Å². The van der Waals surface area contributed by atoms with Gasteiger partial charge in [0.15, 0.2) is 18.2 Å². The molecule has 2 aromatic carbocycles. The molecule has 0 aliphatic rings. The Morgan fingerprint density at radius 3 is 2.70 bits per heavy atom. The van der Waals surface area contributed by atoms with Crippen LogP contribution in [0.15, 0.2) is 60.8 Å². The van der Waals surface area contributed by atoms with Gasteiger partial charge in [-0.2, -0.15) is 15.0 Å². The number of carbonyl (C=O) groups is 1. The summed E-state index contributed by atoms with van der Waals surface area (Å²) in [7, 11) is 0. The molecule has 0 bridgehead atoms. The highest BCUT2D eigenvalue weighted by molar-refractivity contribution is 5.92. The molecular weight excluding hydrogens is 378 g/mol. The van der Waals surface area contributed by atoms with Crippen LogP contribution in [0.5, 0.6) is 5.75 Å². The van der Waals surface area contributed by atoms with Gasteiger partial charge in [-0.15, -0.1) is 0 Å². The minimum Gasteiger partial charge on any atom is -0.484 e. The van der Waals surface area contributed by atoms with Crippen LogP contribution in [-0.4, -0.2) is 27.3 Å². The number of aromatic nitrogens is 3. The van der Waals surface area contributed by atoms with E-state index in [0.717, 1.165) is 22.0 Å². The average molecular weight is 397 g/mol. The van der Waals surface area contributed by atoms with Gasteiger partial charge in [0.2, 0.25) is 0 Å². The molecule has 2 aromatic heterocycles. The Hall–Kier alpha value is -4.18. The van der Waals surface area contributed by atoms with Crippen molar-refractivity contribution in [3.05, 3.63) is 77.5 Å². The molecule has 0 spiro atoms. The van der Waals surface area contributed by atoms with Crippen LogP contribution in [0.25, 0.3) is 16.7 Å². The van der Waals surface area contributed by atoms with E-state index in [4.69, 9.17) is 9.72 Å². The number of nitrogens with one attached hydrogen (secondary N) is 1. The number of para-hydroxylation sites is 2. The number of aryl methyl sites for hydroxylation is 2. The Labute approximate surface area is 173 Å². The number of ether oxygens (including phenoxy) is 1. The molecule has 1 N–H and O–H groups in total. The number of nitriles is 1. The lowest BCUT2D eigenvalue weighted by molar-refractivity contribution is -0.118. The van der Waals surface area contributed by atoms with Crippen LogP contribution in [-0.2, 0) is 4.79 Å². The van der Waals surface area contributed by atoms with Gasteiger partial charge >= 0.3 is 0 Å². The quantitative estimate of drug-likeness (QED) is 0.551. The van der Waals surface area contributed by atoms with E-state index in [1.54, 1.807) is 12.1 Å². The van der Waals surface area contributed by atoms with Gasteiger partial charge in [-0.1, -0.05) is 36.4 Å². The van der Waals surface area contributed by atoms with Gasteiger partial charge in [-0.25, -0.2) is 4.98 Å². The Kier molecular flexibility index (Phi) is 5.14. The molecule has 7 nitrogen and oxygen atoms in total. The van der Waals surface area contributed by atoms with Crippen molar-refractivity contribution in [2.24, 2.45) is 0 Å². The van der Waals surface area contributed by atoms with Crippen LogP contribution < -0.4 is 10.1 Å². The number of anilines is 1. The molecule has 0 atom stereocenters. The van der Waals surface area contributed by atoms with Crippen molar-refractivity contribution in [2.75, 3.05) is 11.9 Å². The smallest absolute Gasteiger partial charge is 0.263 e. The largest absolute Gasteiger partial charge is 0.484 e. The van der Waals surface area contributed by atoms with E-state index >= 15 is 0 Å². The van der Waals surface area contributed by atoms with E-state index in [9.17, 15) is 10.1 Å². The van der Waals surface area contributed by atoms with Crippen LogP contribution in [0, 0.1) is 25.2 Å². The summed E-state index contributed by atoms with van der Waals surface area (Å²) >= 11 is 0. The third kappa shape index (κ3) is 3.71. The van der Waals surface area contributed by atoms with E-state index in [0.29, 0.717) is 11.6 Å². The number of carbonyl (C=O) groups excluding carboxylic acids is 1. The number of nitrogens with zero attached hydrogens (tertiary/aromatic N) is 4. The van der Waals surface area contributed by atoms with Crippen LogP contribution >= 0.6 is 0 Å². The third-order valence-corrected chi connectivity index (χ3v) is 4.71. The van der Waals surface area contributed by atoms with Gasteiger partial charge in [-0.05, 0) is 43.2 Å². The summed E-state index contributed by atoms with van der Waals surface area (Å²) in [6, 6.07) is 19.0. The second-order valence-corrected chi connectivity index (χ2v) is 6.85. The minimum absolute atomic E-state index is 0.191. The fraction of sp³-hybridized carbons (Fsp3) is 0.130. The van der Waals surface area contributed by atoms with Crippen molar-refractivity contribution in [2.45, 2.75) is 13.8 Å². The number of rotatable bonds is 5. The number of hydrogen-bond acceptors (Lipinski definition) is 5. The maximum atomic E-state index is 12.5. The summed E-state index contributed by atoms with van der Waals surface area (Å²) in [5.74, 6) is 0.976. The normalized spacial score (nSPS) is 10.6. The van der Waals surface area contributed by atoms with Crippen molar-refractivity contribution >= 4 is 22.6 Å². The lowest BCUT2D eigenvalue weighted by Crippen LogP contribution is -2.22. The summed E-state index contributed by atoms with van der Waals surface area (Å²) in [6.45, 7) is 3.79. The van der Waals surface area contributed by atoms with E-state index < -0.39 is 5.91 Å². The minimum atomic E-state index is -0.397. The molecule has 7 heteroatoms. The Balaban J connectivity index is 1.65. The predicted octanol–water partition coefficient (Wildman–Crippen LogP) is 3.93. The first-order valence-electron chi connectivity index (χ1n) is 9.40. The van der Waals surface area contributed by atoms with Crippen molar-refractivity contribution in [3.8, 4) is 17.6 Å². The first-order chi connectivity index (χ1) is 14.6. The Morgan fingerprint density at radius 1 is 1.13 bits per heavy atom. The lowest BCUT2D eigenvalue weighted by Gasteiger charge is -2.12. The lowest BCUT2D eigenvalue weighted by atomic mass is 10.1. The maximum Gasteiger partial charge on any atom is 0.263 e. The molecule has 30 heavy (non-hydrogen) atoms. The molecule has 4 rings (SSSR count). The van der Waals surface area contributed by atoms with Gasteiger partial charge < -0.3 is 10.1 Å². The Bertz CT molecular complexity index is 1270. The average Bonchev–Trinajstić information content (AvgIpc) is 3.16. The van der Waals surface area contributed by atoms with Gasteiger partial charge in [0, 0.05) is 5.39 Å². The molecule has 0 aliphatic heterocycles. The van der Waals surface area contributed by atoms with Crippen LogP contribution in [0.3, 0.4) is 0 Å². The zero-order valence-electron chi connectivity index (χ0n) is 16.6. The summed E-state index contributed by atoms with van der Waals surface area (Å²) in [4.78, 5) is 17.2. The van der Waals surface area contributed by atoms with E-state index in [1.807, 2.05) is 56.3 Å². The van der Waals surface area contributed by atoms with Gasteiger partial charge in [0.1, 0.15) is 17.4 Å². The first kappa shape index (κ1) is 19.2. The zero-order valence-corrected chi connectivity index (χ0v) is 16.6. The second kappa shape index (κ2) is 8.05. The van der Waals surface area contributed by atoms with E-state index in [-0.39, 0.29) is 18.0 Å². The molecule has 148 valence electrons. The highest BCUT2D eigenvalue weighted by Crippen LogP contribution is 2.25. The highest BCUT2D eigenvalue weighted by Gasteiger charge is 2.17. The fourth-order valence-electron chi connectivity index (χ4n) is 3.21. The van der Waals surface area contributed by atoms with Gasteiger partial charge in [0.25, 0.3) is 5.91 Å². The summed E-state index contributed by atoms with van der Waals surface area (Å²) in [6.07, 6.45) is 1.41. The van der Waals surface area contributed by atoms with Gasteiger partial charge in [-0.3, -0.25) is 4.79 Å². The van der Waals surface area contributed by atoms with E-state index in [1.165, 1.54) is 10.9 Å². The predicted molar refractivity (Wildman–Crippen MR) is 114 cm³/mol. The molecule has 0 saturated carbocycles. The monoisotopic (exact) mass is 397 g/mol. The summed E-state index contributed by atoms with van der Waals surface area (Å²) < 4.78 is 6.96. The Morgan fingerprint density at radius 2 is 1.93 bits per heavy atom. The molecule has 1 amide bonds. The van der Waals surface area contributed by atoms with Crippen molar-refractivity contribution in [1.82, 2.24) is 14.8 Å². The number of fused-ring (bicyclic) bond motifs is 1. The molecule has 0 aliphatic carbocycles. The first-order valence-corrected chi connectivity index (χ1v) is 9.40. The van der Waals surface area contributed by atoms with Crippen molar-refractivity contribution in [1.29, 1.82) is 5.26 Å². The SMILES string of the molecule is Cc1cc(-n2ncc(C#N)c2NC(=O)COc2ccccc2)nc2c(C)cccc12. The number of amides is 1. The van der Waals surface area contributed by atoms with Crippen molar-refractivity contribution in [3.63, 3.8) is 0 Å².